The molecule has 6 nitrogen and oxygen atoms in total. The Bertz CT molecular complexity index is 754. The lowest BCUT2D eigenvalue weighted by molar-refractivity contribution is -0.154. The number of hydrogen-bond donors (Lipinski definition) is 0. The number of likely N-dealkylation sites (tertiary alicyclic amines) is 1. The van der Waals surface area contributed by atoms with E-state index in [0.29, 0.717) is 30.3 Å². The maximum absolute atomic E-state index is 12.7. The van der Waals surface area contributed by atoms with E-state index in [2.05, 4.69) is 4.98 Å². The highest BCUT2D eigenvalue weighted by molar-refractivity contribution is 5.86. The van der Waals surface area contributed by atoms with Crippen LogP contribution in [0.2, 0.25) is 0 Å². The molecule has 1 amide bonds. The largest absolute Gasteiger partial charge is 0.467 e. The molecule has 132 valence electrons. The number of aromatic nitrogens is 1. The maximum Gasteiger partial charge on any atom is 0.328 e. The average molecular weight is 342 g/mol. The minimum absolute atomic E-state index is 0.119. The van der Waals surface area contributed by atoms with Gasteiger partial charge in [-0.2, -0.15) is 0 Å². The van der Waals surface area contributed by atoms with Crippen molar-refractivity contribution in [3.8, 4) is 11.5 Å². The molecular weight excluding hydrogens is 320 g/mol. The summed E-state index contributed by atoms with van der Waals surface area (Å²) in [5.41, 5.74) is 1.48. The van der Waals surface area contributed by atoms with Crippen LogP contribution in [0, 0.1) is 6.92 Å². The predicted molar refractivity (Wildman–Crippen MR) is 91.7 cm³/mol. The number of esters is 1. The highest BCUT2D eigenvalue weighted by Crippen LogP contribution is 2.24. The molecule has 0 spiro atoms. The lowest BCUT2D eigenvalue weighted by Crippen LogP contribution is -2.49. The zero-order chi connectivity index (χ0) is 17.8. The third-order valence-corrected chi connectivity index (χ3v) is 4.53. The minimum Gasteiger partial charge on any atom is -0.467 e. The van der Waals surface area contributed by atoms with Crippen LogP contribution in [0.5, 0.6) is 0 Å². The molecule has 3 rings (SSSR count). The van der Waals surface area contributed by atoms with Crippen LogP contribution >= 0.6 is 0 Å². The van der Waals surface area contributed by atoms with Crippen LogP contribution in [-0.2, 0) is 20.7 Å². The molecule has 0 bridgehead atoms. The van der Waals surface area contributed by atoms with Crippen LogP contribution in [-0.4, -0.2) is 41.5 Å². The molecule has 1 aliphatic rings. The van der Waals surface area contributed by atoms with E-state index < -0.39 is 6.04 Å². The summed E-state index contributed by atoms with van der Waals surface area (Å²) in [5.74, 6) is 0.656. The molecule has 2 heterocycles. The van der Waals surface area contributed by atoms with Gasteiger partial charge in [0.15, 0.2) is 0 Å². The fraction of sp³-hybridized carbons (Fsp3) is 0.421. The predicted octanol–water partition coefficient (Wildman–Crippen LogP) is 2.75. The first-order valence-corrected chi connectivity index (χ1v) is 8.49. The fourth-order valence-electron chi connectivity index (χ4n) is 3.15. The van der Waals surface area contributed by atoms with Crippen molar-refractivity contribution in [3.63, 3.8) is 0 Å². The van der Waals surface area contributed by atoms with E-state index >= 15 is 0 Å². The Labute approximate surface area is 146 Å². The number of amides is 1. The molecule has 1 atom stereocenters. The molecule has 0 radical (unpaired) electrons. The van der Waals surface area contributed by atoms with Crippen LogP contribution in [0.4, 0.5) is 0 Å². The molecule has 6 heteroatoms. The van der Waals surface area contributed by atoms with E-state index in [0.717, 1.165) is 18.4 Å². The lowest BCUT2D eigenvalue weighted by Gasteiger charge is -2.33. The molecule has 2 aromatic rings. The fourth-order valence-corrected chi connectivity index (χ4v) is 3.15. The molecule has 1 aromatic carbocycles. The monoisotopic (exact) mass is 342 g/mol. The Balaban J connectivity index is 1.76. The van der Waals surface area contributed by atoms with Gasteiger partial charge in [0.2, 0.25) is 11.8 Å². The Morgan fingerprint density at radius 1 is 1.28 bits per heavy atom. The Morgan fingerprint density at radius 2 is 2.04 bits per heavy atom. The summed E-state index contributed by atoms with van der Waals surface area (Å²) in [6.45, 7) is 2.37. The van der Waals surface area contributed by atoms with Crippen molar-refractivity contribution in [2.75, 3.05) is 13.7 Å². The smallest absolute Gasteiger partial charge is 0.328 e. The van der Waals surface area contributed by atoms with Crippen molar-refractivity contribution in [3.05, 3.63) is 41.8 Å². The van der Waals surface area contributed by atoms with Crippen molar-refractivity contribution < 1.29 is 18.7 Å². The molecular formula is C19H22N2O4. The lowest BCUT2D eigenvalue weighted by atomic mass is 10.0. The zero-order valence-corrected chi connectivity index (χ0v) is 14.5. The summed E-state index contributed by atoms with van der Waals surface area (Å²) in [5, 5.41) is 0. The normalized spacial score (nSPS) is 17.4. The summed E-state index contributed by atoms with van der Waals surface area (Å²) >= 11 is 0. The molecule has 25 heavy (non-hydrogen) atoms. The number of hydrogen-bond acceptors (Lipinski definition) is 5. The van der Waals surface area contributed by atoms with E-state index in [1.54, 1.807) is 11.8 Å². The van der Waals surface area contributed by atoms with Crippen LogP contribution < -0.4 is 0 Å². The first-order valence-electron chi connectivity index (χ1n) is 8.49. The summed E-state index contributed by atoms with van der Waals surface area (Å²) in [7, 11) is 1.35. The number of carbonyl (C=O) groups excluding carboxylic acids is 2. The molecule has 1 saturated heterocycles. The molecule has 1 aliphatic heterocycles. The van der Waals surface area contributed by atoms with Crippen molar-refractivity contribution >= 4 is 11.9 Å². The van der Waals surface area contributed by atoms with Crippen molar-refractivity contribution in [2.45, 2.75) is 38.6 Å². The van der Waals surface area contributed by atoms with Gasteiger partial charge in [0.05, 0.1) is 19.2 Å². The van der Waals surface area contributed by atoms with Crippen molar-refractivity contribution in [1.29, 1.82) is 0 Å². The van der Waals surface area contributed by atoms with Gasteiger partial charge in [-0.15, -0.1) is 0 Å². The quantitative estimate of drug-likeness (QED) is 0.799. The SMILES string of the molecule is COC(=O)C1CCCCN1C(=O)Cc1nc(-c2ccccc2)oc1C. The number of piperidine rings is 1. The summed E-state index contributed by atoms with van der Waals surface area (Å²) in [4.78, 5) is 30.8. The van der Waals surface area contributed by atoms with Gasteiger partial charge in [0, 0.05) is 12.1 Å². The van der Waals surface area contributed by atoms with Gasteiger partial charge in [-0.3, -0.25) is 4.79 Å². The molecule has 1 aromatic heterocycles. The Hall–Kier alpha value is -2.63. The van der Waals surface area contributed by atoms with Gasteiger partial charge in [0.1, 0.15) is 11.8 Å². The zero-order valence-electron chi connectivity index (χ0n) is 14.5. The van der Waals surface area contributed by atoms with E-state index in [1.165, 1.54) is 7.11 Å². The summed E-state index contributed by atoms with van der Waals surface area (Å²) in [6.07, 6.45) is 2.58. The van der Waals surface area contributed by atoms with Crippen molar-refractivity contribution in [1.82, 2.24) is 9.88 Å². The van der Waals surface area contributed by atoms with Gasteiger partial charge < -0.3 is 14.1 Å². The highest BCUT2D eigenvalue weighted by Gasteiger charge is 2.33. The van der Waals surface area contributed by atoms with Gasteiger partial charge in [-0.1, -0.05) is 18.2 Å². The number of carbonyl (C=O) groups is 2. The number of benzene rings is 1. The third-order valence-electron chi connectivity index (χ3n) is 4.53. The number of methoxy groups -OCH3 is 1. The van der Waals surface area contributed by atoms with E-state index in [-0.39, 0.29) is 18.3 Å². The molecule has 1 fully saturated rings. The molecule has 0 aliphatic carbocycles. The Kier molecular flexibility index (Phi) is 5.16. The summed E-state index contributed by atoms with van der Waals surface area (Å²) < 4.78 is 10.5. The van der Waals surface area contributed by atoms with Gasteiger partial charge in [-0.05, 0) is 38.3 Å². The van der Waals surface area contributed by atoms with Gasteiger partial charge in [-0.25, -0.2) is 9.78 Å². The highest BCUT2D eigenvalue weighted by atomic mass is 16.5. The number of oxazole rings is 1. The van der Waals surface area contributed by atoms with Gasteiger partial charge >= 0.3 is 5.97 Å². The second-order valence-corrected chi connectivity index (χ2v) is 6.19. The second-order valence-electron chi connectivity index (χ2n) is 6.19. The van der Waals surface area contributed by atoms with E-state index in [1.807, 2.05) is 30.3 Å². The molecule has 0 N–H and O–H groups in total. The second kappa shape index (κ2) is 7.51. The summed E-state index contributed by atoms with van der Waals surface area (Å²) in [6, 6.07) is 9.08. The van der Waals surface area contributed by atoms with E-state index in [4.69, 9.17) is 9.15 Å². The standard InChI is InChI=1S/C19H22N2O4/c1-13-15(20-18(25-13)14-8-4-3-5-9-14)12-17(22)21-11-7-6-10-16(21)19(23)24-2/h3-5,8-9,16H,6-7,10-12H2,1-2H3. The number of ether oxygens (including phenoxy) is 1. The van der Waals surface area contributed by atoms with E-state index in [9.17, 15) is 9.59 Å². The number of nitrogens with zero attached hydrogens (tertiary/aromatic N) is 2. The topological polar surface area (TPSA) is 72.6 Å². The molecule has 0 saturated carbocycles. The number of aryl methyl sites for hydroxylation is 1. The Morgan fingerprint density at radius 3 is 2.76 bits per heavy atom. The van der Waals surface area contributed by atoms with Gasteiger partial charge in [0.25, 0.3) is 0 Å². The number of rotatable bonds is 4. The minimum atomic E-state index is -0.493. The first kappa shape index (κ1) is 17.2. The van der Waals surface area contributed by atoms with Crippen LogP contribution in [0.15, 0.2) is 34.7 Å². The first-order chi connectivity index (χ1) is 12.1. The average Bonchev–Trinajstić information content (AvgIpc) is 3.02. The third kappa shape index (κ3) is 3.73. The van der Waals surface area contributed by atoms with Crippen molar-refractivity contribution in [2.24, 2.45) is 0 Å². The van der Waals surface area contributed by atoms with Crippen LogP contribution in [0.25, 0.3) is 11.5 Å². The van der Waals surface area contributed by atoms with Crippen LogP contribution in [0.1, 0.15) is 30.7 Å². The van der Waals surface area contributed by atoms with Crippen LogP contribution in [0.3, 0.4) is 0 Å². The molecule has 1 unspecified atom stereocenters. The maximum atomic E-state index is 12.7.